The van der Waals surface area contributed by atoms with E-state index in [9.17, 15) is 0 Å². The van der Waals surface area contributed by atoms with E-state index in [-0.39, 0.29) is 0 Å². The van der Waals surface area contributed by atoms with Gasteiger partial charge in [0.15, 0.2) is 5.82 Å². The topological polar surface area (TPSA) is 56.7 Å². The van der Waals surface area contributed by atoms with Crippen molar-refractivity contribution >= 4 is 5.69 Å². The molecule has 0 spiro atoms. The third-order valence-electron chi connectivity index (χ3n) is 3.18. The van der Waals surface area contributed by atoms with Crippen molar-refractivity contribution in [2.45, 2.75) is 34.2 Å². The minimum Gasteiger partial charge on any atom is -0.399 e. The molecule has 0 saturated carbocycles. The molecule has 0 radical (unpaired) electrons. The SMILES string of the molecule is CCn1c(C)nnc1-c1cc(N)cc(C)c1C. The Morgan fingerprint density at radius 2 is 1.88 bits per heavy atom. The normalized spacial score (nSPS) is 10.8. The predicted octanol–water partition coefficient (Wildman–Crippen LogP) is 2.47. The van der Waals surface area contributed by atoms with E-state index in [0.29, 0.717) is 0 Å². The van der Waals surface area contributed by atoms with Gasteiger partial charge in [-0.25, -0.2) is 0 Å². The lowest BCUT2D eigenvalue weighted by Gasteiger charge is -2.11. The summed E-state index contributed by atoms with van der Waals surface area (Å²) in [5, 5.41) is 8.39. The first kappa shape index (κ1) is 11.6. The van der Waals surface area contributed by atoms with Crippen molar-refractivity contribution in [2.75, 3.05) is 5.73 Å². The van der Waals surface area contributed by atoms with Crippen molar-refractivity contribution in [1.29, 1.82) is 0 Å². The highest BCUT2D eigenvalue weighted by Crippen LogP contribution is 2.27. The number of nitrogens with two attached hydrogens (primary N) is 1. The number of nitrogens with zero attached hydrogens (tertiary/aromatic N) is 3. The third kappa shape index (κ3) is 1.90. The van der Waals surface area contributed by atoms with Gasteiger partial charge in [0, 0.05) is 17.8 Å². The zero-order valence-corrected chi connectivity index (χ0v) is 10.8. The first-order valence-electron chi connectivity index (χ1n) is 5.81. The molecule has 2 N–H and O–H groups in total. The van der Waals surface area contributed by atoms with E-state index in [1.165, 1.54) is 11.1 Å². The first-order valence-corrected chi connectivity index (χ1v) is 5.81. The fourth-order valence-corrected chi connectivity index (χ4v) is 2.08. The Kier molecular flexibility index (Phi) is 2.88. The zero-order chi connectivity index (χ0) is 12.6. The first-order chi connectivity index (χ1) is 8.04. The second-order valence-electron chi connectivity index (χ2n) is 4.33. The second-order valence-corrected chi connectivity index (χ2v) is 4.33. The van der Waals surface area contributed by atoms with Gasteiger partial charge in [0.25, 0.3) is 0 Å². The van der Waals surface area contributed by atoms with Crippen LogP contribution in [0.25, 0.3) is 11.4 Å². The molecular weight excluding hydrogens is 212 g/mol. The Hall–Kier alpha value is -1.84. The fraction of sp³-hybridized carbons (Fsp3) is 0.385. The van der Waals surface area contributed by atoms with E-state index in [4.69, 9.17) is 5.73 Å². The number of anilines is 1. The van der Waals surface area contributed by atoms with Crippen molar-refractivity contribution in [3.63, 3.8) is 0 Å². The number of hydrogen-bond donors (Lipinski definition) is 1. The van der Waals surface area contributed by atoms with Crippen LogP contribution in [-0.4, -0.2) is 14.8 Å². The second kappa shape index (κ2) is 4.20. The van der Waals surface area contributed by atoms with E-state index < -0.39 is 0 Å². The summed E-state index contributed by atoms with van der Waals surface area (Å²) in [5.41, 5.74) is 10.1. The fourth-order valence-electron chi connectivity index (χ4n) is 2.08. The minimum atomic E-state index is 0.770. The van der Waals surface area contributed by atoms with Gasteiger partial charge in [0.05, 0.1) is 0 Å². The minimum absolute atomic E-state index is 0.770. The van der Waals surface area contributed by atoms with Gasteiger partial charge in [0.2, 0.25) is 0 Å². The van der Waals surface area contributed by atoms with Crippen LogP contribution in [0.15, 0.2) is 12.1 Å². The Balaban J connectivity index is 2.68. The Bertz CT molecular complexity index is 555. The van der Waals surface area contributed by atoms with E-state index >= 15 is 0 Å². The van der Waals surface area contributed by atoms with E-state index in [1.54, 1.807) is 0 Å². The van der Waals surface area contributed by atoms with Gasteiger partial charge < -0.3 is 10.3 Å². The summed E-state index contributed by atoms with van der Waals surface area (Å²) in [7, 11) is 0. The molecule has 0 unspecified atom stereocenters. The highest BCUT2D eigenvalue weighted by molar-refractivity contribution is 5.67. The van der Waals surface area contributed by atoms with E-state index in [0.717, 1.165) is 29.4 Å². The standard InChI is InChI=1S/C13H18N4/c1-5-17-10(4)15-16-13(17)12-7-11(14)6-8(2)9(12)3/h6-7H,5,14H2,1-4H3. The molecule has 17 heavy (non-hydrogen) atoms. The smallest absolute Gasteiger partial charge is 0.164 e. The number of benzene rings is 1. The largest absolute Gasteiger partial charge is 0.399 e. The molecule has 4 heteroatoms. The van der Waals surface area contributed by atoms with E-state index in [1.807, 2.05) is 19.1 Å². The van der Waals surface area contributed by atoms with Crippen LogP contribution in [-0.2, 0) is 6.54 Å². The molecule has 1 heterocycles. The van der Waals surface area contributed by atoms with Crippen LogP contribution in [0.4, 0.5) is 5.69 Å². The van der Waals surface area contributed by atoms with Gasteiger partial charge in [-0.1, -0.05) is 0 Å². The molecule has 0 fully saturated rings. The number of aromatic nitrogens is 3. The Morgan fingerprint density at radius 3 is 2.53 bits per heavy atom. The van der Waals surface area contributed by atoms with Crippen LogP contribution in [0.1, 0.15) is 23.9 Å². The molecule has 0 aliphatic rings. The van der Waals surface area contributed by atoms with Gasteiger partial charge >= 0.3 is 0 Å². The van der Waals surface area contributed by atoms with Crippen LogP contribution in [0.3, 0.4) is 0 Å². The quantitative estimate of drug-likeness (QED) is 0.806. The molecular formula is C13H18N4. The molecule has 0 atom stereocenters. The molecule has 0 amide bonds. The highest BCUT2D eigenvalue weighted by atomic mass is 15.3. The number of aryl methyl sites for hydroxylation is 2. The van der Waals surface area contributed by atoms with Crippen molar-refractivity contribution in [3.8, 4) is 11.4 Å². The van der Waals surface area contributed by atoms with Gasteiger partial charge in [-0.15, -0.1) is 10.2 Å². The lowest BCUT2D eigenvalue weighted by Crippen LogP contribution is -2.02. The lowest BCUT2D eigenvalue weighted by atomic mass is 10.0. The molecule has 0 aliphatic carbocycles. The average molecular weight is 230 g/mol. The monoisotopic (exact) mass is 230 g/mol. The summed E-state index contributed by atoms with van der Waals surface area (Å²) < 4.78 is 2.10. The third-order valence-corrected chi connectivity index (χ3v) is 3.18. The Labute approximate surface area is 101 Å². The van der Waals surface area contributed by atoms with E-state index in [2.05, 4.69) is 35.5 Å². The van der Waals surface area contributed by atoms with Crippen LogP contribution < -0.4 is 5.73 Å². The summed E-state index contributed by atoms with van der Waals surface area (Å²) in [6.07, 6.45) is 0. The van der Waals surface area contributed by atoms with Crippen LogP contribution in [0.2, 0.25) is 0 Å². The molecule has 2 rings (SSSR count). The molecule has 90 valence electrons. The summed E-state index contributed by atoms with van der Waals surface area (Å²) in [4.78, 5) is 0. The Morgan fingerprint density at radius 1 is 1.18 bits per heavy atom. The molecule has 1 aromatic carbocycles. The summed E-state index contributed by atoms with van der Waals surface area (Å²) in [5.74, 6) is 1.83. The van der Waals surface area contributed by atoms with Gasteiger partial charge in [-0.05, 0) is 51.0 Å². The lowest BCUT2D eigenvalue weighted by molar-refractivity contribution is 0.736. The maximum Gasteiger partial charge on any atom is 0.164 e. The summed E-state index contributed by atoms with van der Waals surface area (Å²) in [6, 6.07) is 3.95. The van der Waals surface area contributed by atoms with Crippen molar-refractivity contribution in [3.05, 3.63) is 29.1 Å². The average Bonchev–Trinajstić information content (AvgIpc) is 2.64. The summed E-state index contributed by atoms with van der Waals surface area (Å²) >= 11 is 0. The van der Waals surface area contributed by atoms with Gasteiger partial charge in [-0.3, -0.25) is 0 Å². The van der Waals surface area contributed by atoms with Crippen LogP contribution in [0.5, 0.6) is 0 Å². The van der Waals surface area contributed by atoms with Crippen molar-refractivity contribution < 1.29 is 0 Å². The number of rotatable bonds is 2. The molecule has 0 aliphatic heterocycles. The zero-order valence-electron chi connectivity index (χ0n) is 10.8. The number of nitrogen functional groups attached to an aromatic ring is 1. The maximum atomic E-state index is 5.91. The molecule has 2 aromatic rings. The van der Waals surface area contributed by atoms with Gasteiger partial charge in [-0.2, -0.15) is 0 Å². The maximum absolute atomic E-state index is 5.91. The predicted molar refractivity (Wildman–Crippen MR) is 69.8 cm³/mol. The summed E-state index contributed by atoms with van der Waals surface area (Å²) in [6.45, 7) is 9.08. The molecule has 1 aromatic heterocycles. The molecule has 4 nitrogen and oxygen atoms in total. The molecule has 0 bridgehead atoms. The van der Waals surface area contributed by atoms with Crippen LogP contribution in [0, 0.1) is 20.8 Å². The van der Waals surface area contributed by atoms with Crippen LogP contribution >= 0.6 is 0 Å². The molecule has 0 saturated heterocycles. The van der Waals surface area contributed by atoms with Crippen molar-refractivity contribution in [1.82, 2.24) is 14.8 Å². The number of hydrogen-bond acceptors (Lipinski definition) is 3. The van der Waals surface area contributed by atoms with Gasteiger partial charge in [0.1, 0.15) is 5.82 Å². The highest BCUT2D eigenvalue weighted by Gasteiger charge is 2.13. The van der Waals surface area contributed by atoms with Crippen molar-refractivity contribution in [2.24, 2.45) is 0 Å².